The zero-order valence-corrected chi connectivity index (χ0v) is 25.6. The molecule has 0 aromatic carbocycles. The van der Waals surface area contributed by atoms with Crippen molar-refractivity contribution in [3.8, 4) is 5.75 Å². The van der Waals surface area contributed by atoms with Crippen molar-refractivity contribution in [3.05, 3.63) is 64.3 Å². The minimum absolute atomic E-state index is 0.146. The van der Waals surface area contributed by atoms with Gasteiger partial charge in [-0.3, -0.25) is 4.90 Å². The summed E-state index contributed by atoms with van der Waals surface area (Å²) in [5.41, 5.74) is 10.3. The fraction of sp³-hybridized carbons (Fsp3) is 0.517. The molecule has 3 heterocycles. The number of amides is 1. The number of hydrogen-bond acceptors (Lipinski definition) is 10. The molecule has 224 valence electrons. The fourth-order valence-electron chi connectivity index (χ4n) is 4.48. The van der Waals surface area contributed by atoms with Crippen molar-refractivity contribution in [1.29, 1.82) is 0 Å². The molecule has 3 rings (SSSR count). The van der Waals surface area contributed by atoms with Crippen molar-refractivity contribution in [3.63, 3.8) is 0 Å². The van der Waals surface area contributed by atoms with Gasteiger partial charge in [0, 0.05) is 44.3 Å². The number of halogens is 1. The molecule has 1 aromatic rings. The van der Waals surface area contributed by atoms with Gasteiger partial charge in [0.05, 0.1) is 19.5 Å². The normalized spacial score (nSPS) is 17.3. The van der Waals surface area contributed by atoms with Crippen molar-refractivity contribution in [2.45, 2.75) is 25.7 Å². The van der Waals surface area contributed by atoms with E-state index in [0.29, 0.717) is 24.2 Å². The predicted octanol–water partition coefficient (Wildman–Crippen LogP) is 3.99. The fourth-order valence-corrected chi connectivity index (χ4v) is 5.01. The topological polar surface area (TPSA) is 118 Å². The summed E-state index contributed by atoms with van der Waals surface area (Å²) >= 11 is 7.87. The van der Waals surface area contributed by atoms with Gasteiger partial charge in [0.15, 0.2) is 5.75 Å². The summed E-state index contributed by atoms with van der Waals surface area (Å²) in [7, 11) is 1.38. The number of ether oxygens (including phenoxy) is 2. The van der Waals surface area contributed by atoms with E-state index in [0.717, 1.165) is 82.1 Å². The summed E-state index contributed by atoms with van der Waals surface area (Å²) in [5, 5.41) is 8.83. The monoisotopic (exact) mass is 603 g/mol. The molecule has 1 amide bonds. The van der Waals surface area contributed by atoms with E-state index in [1.165, 1.54) is 7.11 Å². The molecule has 4 N–H and O–H groups in total. The minimum atomic E-state index is -0.380. The molecule has 0 radical (unpaired) electrons. The Morgan fingerprint density at radius 2 is 1.93 bits per heavy atom. The molecule has 12 heteroatoms. The number of unbranched alkanes of at least 4 members (excludes halogenated alkanes) is 1. The van der Waals surface area contributed by atoms with Gasteiger partial charge in [-0.15, -0.1) is 11.8 Å². The summed E-state index contributed by atoms with van der Waals surface area (Å²) in [5.74, 6) is 1.74. The van der Waals surface area contributed by atoms with E-state index in [4.69, 9.17) is 22.1 Å². The summed E-state index contributed by atoms with van der Waals surface area (Å²) in [6.45, 7) is 6.87. The van der Waals surface area contributed by atoms with E-state index in [1.807, 2.05) is 29.9 Å². The molecular formula is C29H42ClN7O3S. The lowest BCUT2D eigenvalue weighted by atomic mass is 9.96. The van der Waals surface area contributed by atoms with Gasteiger partial charge < -0.3 is 30.7 Å². The van der Waals surface area contributed by atoms with Crippen LogP contribution in [0.25, 0.3) is 0 Å². The SMILES string of the molecule is COC(=O)NCC1CCN(C/C(C=C=C(N)Oc2cnc(N3CCNCC3)nc2)=C/CC/C=C(Cl)\C=C/SC)CC1. The first-order chi connectivity index (χ1) is 20.0. The first-order valence-electron chi connectivity index (χ1n) is 13.9. The number of piperidine rings is 1. The highest BCUT2D eigenvalue weighted by Crippen LogP contribution is 2.19. The Hall–Kier alpha value is -2.95. The number of likely N-dealkylation sites (tertiary alicyclic amines) is 1. The third-order valence-electron chi connectivity index (χ3n) is 6.75. The average molecular weight is 604 g/mol. The molecule has 2 aliphatic heterocycles. The second kappa shape index (κ2) is 18.5. The molecule has 0 spiro atoms. The molecular weight excluding hydrogens is 562 g/mol. The van der Waals surface area contributed by atoms with Crippen LogP contribution in [0.1, 0.15) is 25.7 Å². The number of hydrogen-bond donors (Lipinski definition) is 3. The van der Waals surface area contributed by atoms with Crippen molar-refractivity contribution in [1.82, 2.24) is 25.5 Å². The third kappa shape index (κ3) is 12.6. The van der Waals surface area contributed by atoms with E-state index < -0.39 is 0 Å². The van der Waals surface area contributed by atoms with Crippen molar-refractivity contribution in [2.75, 3.05) is 70.6 Å². The molecule has 0 atom stereocenters. The summed E-state index contributed by atoms with van der Waals surface area (Å²) in [6.07, 6.45) is 16.5. The van der Waals surface area contributed by atoms with Crippen LogP contribution in [0.5, 0.6) is 5.75 Å². The van der Waals surface area contributed by atoms with Gasteiger partial charge in [-0.05, 0) is 74.1 Å². The molecule has 0 aliphatic carbocycles. The summed E-state index contributed by atoms with van der Waals surface area (Å²) < 4.78 is 10.4. The molecule has 2 saturated heterocycles. The van der Waals surface area contributed by atoms with Crippen LogP contribution in [0, 0.1) is 5.92 Å². The minimum Gasteiger partial charge on any atom is -0.453 e. The van der Waals surface area contributed by atoms with E-state index in [1.54, 1.807) is 24.2 Å². The maximum Gasteiger partial charge on any atom is 0.406 e. The summed E-state index contributed by atoms with van der Waals surface area (Å²) in [4.78, 5) is 24.8. The third-order valence-corrected chi connectivity index (χ3v) is 7.44. The van der Waals surface area contributed by atoms with E-state index in [2.05, 4.69) is 46.9 Å². The second-order valence-electron chi connectivity index (χ2n) is 9.79. The van der Waals surface area contributed by atoms with Crippen LogP contribution < -0.4 is 26.0 Å². The molecule has 1 aromatic heterocycles. The average Bonchev–Trinajstić information content (AvgIpc) is 3.01. The largest absolute Gasteiger partial charge is 0.453 e. The quantitative estimate of drug-likeness (QED) is 0.132. The van der Waals surface area contributed by atoms with Crippen LogP contribution in [-0.4, -0.2) is 86.7 Å². The maximum atomic E-state index is 11.4. The number of anilines is 1. The zero-order chi connectivity index (χ0) is 29.3. The highest BCUT2D eigenvalue weighted by atomic mass is 35.5. The van der Waals surface area contributed by atoms with Gasteiger partial charge in [-0.2, -0.15) is 0 Å². The second-order valence-corrected chi connectivity index (χ2v) is 11.0. The van der Waals surface area contributed by atoms with Crippen LogP contribution in [0.15, 0.2) is 64.3 Å². The Balaban J connectivity index is 1.61. The van der Waals surface area contributed by atoms with Crippen molar-refractivity contribution < 1.29 is 14.3 Å². The van der Waals surface area contributed by atoms with Gasteiger partial charge in [-0.1, -0.05) is 29.5 Å². The molecule has 0 saturated carbocycles. The maximum absolute atomic E-state index is 11.4. The van der Waals surface area contributed by atoms with Crippen LogP contribution >= 0.6 is 23.4 Å². The smallest absolute Gasteiger partial charge is 0.406 e. The lowest BCUT2D eigenvalue weighted by Crippen LogP contribution is -2.44. The Bertz CT molecular complexity index is 1110. The number of piperazine rings is 1. The highest BCUT2D eigenvalue weighted by molar-refractivity contribution is 8.01. The van der Waals surface area contributed by atoms with E-state index >= 15 is 0 Å². The molecule has 41 heavy (non-hydrogen) atoms. The molecule has 0 bridgehead atoms. The standard InChI is InChI=1S/C29H42ClN7O3S/c1-39-29(38)35-19-23-9-14-36(15-10-23)22-24(5-3-4-6-25(30)11-18-41-2)7-8-27(31)40-26-20-33-28(34-21-26)37-16-12-32-13-17-37/h5-7,11,18,20-21,23,32H,3-4,9-10,12-17,19,22,31H2,1-2H3,(H,35,38)/b18-11-,24-5+,25-6+. The predicted molar refractivity (Wildman–Crippen MR) is 167 cm³/mol. The van der Waals surface area contributed by atoms with E-state index in [-0.39, 0.29) is 12.0 Å². The number of rotatable bonds is 13. The zero-order valence-electron chi connectivity index (χ0n) is 24.0. The number of allylic oxidation sites excluding steroid dienone is 4. The Labute approximate surface area is 252 Å². The van der Waals surface area contributed by atoms with E-state index in [9.17, 15) is 4.79 Å². The Morgan fingerprint density at radius 3 is 2.61 bits per heavy atom. The number of carbonyl (C=O) groups excluding carboxylic acids is 1. The number of aromatic nitrogens is 2. The van der Waals surface area contributed by atoms with Crippen LogP contribution in [0.4, 0.5) is 10.7 Å². The first kappa shape index (κ1) is 32.6. The molecule has 2 aliphatic rings. The number of carbonyl (C=O) groups is 1. The molecule has 0 unspecified atom stereocenters. The van der Waals surface area contributed by atoms with Crippen LogP contribution in [0.2, 0.25) is 0 Å². The van der Waals surface area contributed by atoms with Gasteiger partial charge in [-0.25, -0.2) is 14.8 Å². The Morgan fingerprint density at radius 1 is 1.22 bits per heavy atom. The van der Waals surface area contributed by atoms with Gasteiger partial charge in [0.2, 0.25) is 11.8 Å². The lowest BCUT2D eigenvalue weighted by Gasteiger charge is -2.32. The number of thioether (sulfide) groups is 1. The number of alkyl carbamates (subject to hydrolysis) is 1. The number of nitrogens with one attached hydrogen (secondary N) is 2. The number of nitrogens with zero attached hydrogens (tertiary/aromatic N) is 4. The van der Waals surface area contributed by atoms with Crippen molar-refractivity contribution in [2.24, 2.45) is 11.7 Å². The van der Waals surface area contributed by atoms with Crippen LogP contribution in [0.3, 0.4) is 0 Å². The summed E-state index contributed by atoms with van der Waals surface area (Å²) in [6, 6.07) is 0. The van der Waals surface area contributed by atoms with Gasteiger partial charge >= 0.3 is 6.09 Å². The molecule has 2 fully saturated rings. The highest BCUT2D eigenvalue weighted by Gasteiger charge is 2.20. The van der Waals surface area contributed by atoms with Crippen molar-refractivity contribution >= 4 is 35.4 Å². The first-order valence-corrected chi connectivity index (χ1v) is 15.6. The van der Waals surface area contributed by atoms with Gasteiger partial charge in [0.1, 0.15) is 0 Å². The number of methoxy groups -OCH3 is 1. The van der Waals surface area contributed by atoms with Crippen LogP contribution in [-0.2, 0) is 4.74 Å². The lowest BCUT2D eigenvalue weighted by molar-refractivity contribution is 0.160. The van der Waals surface area contributed by atoms with Gasteiger partial charge in [0.25, 0.3) is 0 Å². The Kier molecular flexibility index (Phi) is 14.7. The number of nitrogens with two attached hydrogens (primary N) is 1. The molecule has 10 nitrogen and oxygen atoms in total.